The molecule has 0 amide bonds. The lowest BCUT2D eigenvalue weighted by Gasteiger charge is -2.11. The molecule has 0 aliphatic carbocycles. The Morgan fingerprint density at radius 3 is 2.79 bits per heavy atom. The van der Waals surface area contributed by atoms with Crippen LogP contribution in [0.25, 0.3) is 0 Å². The smallest absolute Gasteiger partial charge is 0.338 e. The quantitative estimate of drug-likeness (QED) is 0.778. The summed E-state index contributed by atoms with van der Waals surface area (Å²) in [6.07, 6.45) is 0.569. The van der Waals surface area contributed by atoms with E-state index >= 15 is 0 Å². The Bertz CT molecular complexity index is 352. The molecule has 0 aliphatic rings. The summed E-state index contributed by atoms with van der Waals surface area (Å²) in [7, 11) is 0. The van der Waals surface area contributed by atoms with E-state index in [0.29, 0.717) is 6.42 Å². The molecule has 0 heterocycles. The molecule has 0 bridgehead atoms. The monoisotopic (exact) mass is 197 g/mol. The number of aromatic carboxylic acids is 1. The summed E-state index contributed by atoms with van der Waals surface area (Å²) in [5.41, 5.74) is 5.56. The second-order valence-electron chi connectivity index (χ2n) is 3.03. The Hall–Kier alpha value is -1.42. The number of rotatable bonds is 3. The minimum Gasteiger partial charge on any atom is -0.478 e. The lowest BCUT2D eigenvalue weighted by atomic mass is 10.0. The van der Waals surface area contributed by atoms with Gasteiger partial charge in [0.1, 0.15) is 5.82 Å². The first kappa shape index (κ1) is 10.7. The zero-order valence-corrected chi connectivity index (χ0v) is 7.83. The van der Waals surface area contributed by atoms with E-state index in [4.69, 9.17) is 10.8 Å². The van der Waals surface area contributed by atoms with Gasteiger partial charge in [-0.3, -0.25) is 0 Å². The van der Waals surface area contributed by atoms with E-state index in [2.05, 4.69) is 0 Å². The summed E-state index contributed by atoms with van der Waals surface area (Å²) in [6, 6.07) is 3.78. The fraction of sp³-hybridized carbons (Fsp3) is 0.300. The molecular weight excluding hydrogens is 185 g/mol. The van der Waals surface area contributed by atoms with Gasteiger partial charge < -0.3 is 10.8 Å². The zero-order chi connectivity index (χ0) is 10.7. The van der Waals surface area contributed by atoms with Gasteiger partial charge in [0.15, 0.2) is 0 Å². The van der Waals surface area contributed by atoms with Crippen LogP contribution in [0.4, 0.5) is 4.39 Å². The maximum Gasteiger partial charge on any atom is 0.338 e. The first-order valence-corrected chi connectivity index (χ1v) is 4.35. The van der Waals surface area contributed by atoms with Crippen molar-refractivity contribution in [2.75, 3.05) is 0 Å². The molecule has 0 radical (unpaired) electrons. The zero-order valence-electron chi connectivity index (χ0n) is 7.83. The third kappa shape index (κ3) is 1.90. The van der Waals surface area contributed by atoms with Gasteiger partial charge in [0.2, 0.25) is 0 Å². The Balaban J connectivity index is 3.20. The van der Waals surface area contributed by atoms with E-state index in [1.165, 1.54) is 18.2 Å². The van der Waals surface area contributed by atoms with E-state index in [0.717, 1.165) is 0 Å². The summed E-state index contributed by atoms with van der Waals surface area (Å²) in [5, 5.41) is 8.66. The molecule has 1 rings (SSSR count). The van der Waals surface area contributed by atoms with Gasteiger partial charge in [-0.25, -0.2) is 9.18 Å². The molecule has 76 valence electrons. The molecule has 1 aromatic rings. The van der Waals surface area contributed by atoms with Crippen molar-refractivity contribution in [1.29, 1.82) is 0 Å². The van der Waals surface area contributed by atoms with Crippen LogP contribution in [0, 0.1) is 5.82 Å². The van der Waals surface area contributed by atoms with Crippen molar-refractivity contribution >= 4 is 5.97 Å². The highest BCUT2D eigenvalue weighted by molar-refractivity contribution is 5.88. The van der Waals surface area contributed by atoms with Crippen molar-refractivity contribution in [2.24, 2.45) is 5.73 Å². The van der Waals surface area contributed by atoms with Crippen molar-refractivity contribution in [3.05, 3.63) is 35.1 Å². The van der Waals surface area contributed by atoms with Crippen LogP contribution in [0.3, 0.4) is 0 Å². The molecule has 1 unspecified atom stereocenters. The fourth-order valence-corrected chi connectivity index (χ4v) is 1.22. The summed E-state index contributed by atoms with van der Waals surface area (Å²) in [5.74, 6) is -2.00. The Labute approximate surface area is 81.4 Å². The molecule has 0 aromatic heterocycles. The number of benzene rings is 1. The average molecular weight is 197 g/mol. The Kier molecular flexibility index (Phi) is 3.19. The van der Waals surface area contributed by atoms with Gasteiger partial charge in [-0.1, -0.05) is 19.1 Å². The largest absolute Gasteiger partial charge is 0.478 e. The molecule has 0 saturated heterocycles. The number of nitrogens with two attached hydrogens (primary N) is 1. The highest BCUT2D eigenvalue weighted by atomic mass is 19.1. The van der Waals surface area contributed by atoms with Crippen molar-refractivity contribution in [2.45, 2.75) is 19.4 Å². The molecular formula is C10H12FNO2. The van der Waals surface area contributed by atoms with Crippen LogP contribution in [0.2, 0.25) is 0 Å². The minimum absolute atomic E-state index is 0.257. The molecule has 4 heteroatoms. The van der Waals surface area contributed by atoms with Crippen molar-refractivity contribution in [1.82, 2.24) is 0 Å². The Morgan fingerprint density at radius 1 is 1.64 bits per heavy atom. The summed E-state index contributed by atoms with van der Waals surface area (Å²) in [6.45, 7) is 1.82. The van der Waals surface area contributed by atoms with Gasteiger partial charge in [-0.05, 0) is 12.5 Å². The number of carboxylic acid groups (broad SMARTS) is 1. The normalized spacial score (nSPS) is 12.5. The topological polar surface area (TPSA) is 63.3 Å². The van der Waals surface area contributed by atoms with Gasteiger partial charge in [-0.15, -0.1) is 0 Å². The fourth-order valence-electron chi connectivity index (χ4n) is 1.22. The van der Waals surface area contributed by atoms with Gasteiger partial charge in [0.05, 0.1) is 5.56 Å². The number of hydrogen-bond acceptors (Lipinski definition) is 2. The van der Waals surface area contributed by atoms with E-state index < -0.39 is 17.8 Å². The van der Waals surface area contributed by atoms with Gasteiger partial charge in [0, 0.05) is 11.6 Å². The van der Waals surface area contributed by atoms with Crippen LogP contribution in [-0.4, -0.2) is 11.1 Å². The minimum atomic E-state index is -1.27. The van der Waals surface area contributed by atoms with E-state index in [1.807, 2.05) is 6.92 Å². The molecule has 3 nitrogen and oxygen atoms in total. The third-order valence-electron chi connectivity index (χ3n) is 2.10. The molecule has 0 aliphatic heterocycles. The van der Waals surface area contributed by atoms with E-state index in [-0.39, 0.29) is 11.1 Å². The van der Waals surface area contributed by atoms with Crippen molar-refractivity contribution < 1.29 is 14.3 Å². The van der Waals surface area contributed by atoms with Gasteiger partial charge in [0.25, 0.3) is 0 Å². The van der Waals surface area contributed by atoms with E-state index in [9.17, 15) is 9.18 Å². The average Bonchev–Trinajstić information content (AvgIpc) is 2.16. The highest BCUT2D eigenvalue weighted by Gasteiger charge is 2.16. The Morgan fingerprint density at radius 2 is 2.29 bits per heavy atom. The van der Waals surface area contributed by atoms with Gasteiger partial charge >= 0.3 is 5.97 Å². The summed E-state index contributed by atoms with van der Waals surface area (Å²) in [4.78, 5) is 10.6. The third-order valence-corrected chi connectivity index (χ3v) is 2.10. The van der Waals surface area contributed by atoms with Crippen LogP contribution < -0.4 is 5.73 Å². The second-order valence-corrected chi connectivity index (χ2v) is 3.03. The summed E-state index contributed by atoms with van der Waals surface area (Å²) >= 11 is 0. The molecule has 0 saturated carbocycles. The van der Waals surface area contributed by atoms with Gasteiger partial charge in [-0.2, -0.15) is 0 Å². The number of carboxylic acids is 1. The van der Waals surface area contributed by atoms with E-state index in [1.54, 1.807) is 0 Å². The van der Waals surface area contributed by atoms with Crippen LogP contribution in [0.5, 0.6) is 0 Å². The predicted octanol–water partition coefficient (Wildman–Crippen LogP) is 1.93. The van der Waals surface area contributed by atoms with Crippen LogP contribution in [0.1, 0.15) is 35.3 Å². The number of hydrogen-bond donors (Lipinski definition) is 2. The SMILES string of the molecule is CCC(N)c1cccc(C(=O)O)c1F. The standard InChI is InChI=1S/C10H12FNO2/c1-2-8(12)6-4-3-5-7(9(6)11)10(13)14/h3-5,8H,2,12H2,1H3,(H,13,14). The van der Waals surface area contributed by atoms with Crippen molar-refractivity contribution in [3.8, 4) is 0 Å². The highest BCUT2D eigenvalue weighted by Crippen LogP contribution is 2.20. The lowest BCUT2D eigenvalue weighted by molar-refractivity contribution is 0.0691. The maximum absolute atomic E-state index is 13.5. The predicted molar refractivity (Wildman–Crippen MR) is 50.6 cm³/mol. The lowest BCUT2D eigenvalue weighted by Crippen LogP contribution is -2.13. The first-order valence-electron chi connectivity index (χ1n) is 4.35. The summed E-state index contributed by atoms with van der Waals surface area (Å²) < 4.78 is 13.5. The first-order chi connectivity index (χ1) is 6.57. The molecule has 0 fully saturated rings. The molecule has 0 spiro atoms. The maximum atomic E-state index is 13.5. The molecule has 1 aromatic carbocycles. The molecule has 1 atom stereocenters. The van der Waals surface area contributed by atoms with Crippen LogP contribution in [-0.2, 0) is 0 Å². The second kappa shape index (κ2) is 4.19. The van der Waals surface area contributed by atoms with Crippen LogP contribution in [0.15, 0.2) is 18.2 Å². The number of carbonyl (C=O) groups is 1. The molecule has 14 heavy (non-hydrogen) atoms. The number of halogens is 1. The molecule has 3 N–H and O–H groups in total. The van der Waals surface area contributed by atoms with Crippen LogP contribution >= 0.6 is 0 Å². The van der Waals surface area contributed by atoms with Crippen molar-refractivity contribution in [3.63, 3.8) is 0 Å².